The maximum Gasteiger partial charge on any atom is 0.264 e. The number of thiazole rings is 1. The largest absolute Gasteiger partial charge is 0.338 e. The first kappa shape index (κ1) is 15.7. The van der Waals surface area contributed by atoms with Crippen LogP contribution in [-0.2, 0) is 0 Å². The molecule has 2 aromatic heterocycles. The van der Waals surface area contributed by atoms with Gasteiger partial charge in [-0.15, -0.1) is 11.3 Å². The van der Waals surface area contributed by atoms with Gasteiger partial charge < -0.3 is 9.88 Å². The van der Waals surface area contributed by atoms with Gasteiger partial charge in [0.05, 0.1) is 5.01 Å². The fourth-order valence-corrected chi connectivity index (χ4v) is 2.95. The third kappa shape index (κ3) is 3.29. The summed E-state index contributed by atoms with van der Waals surface area (Å²) in [5.74, 6) is -3.04. The number of hydrogen-bond acceptors (Lipinski definition) is 5. The Morgan fingerprint density at radius 1 is 1.39 bits per heavy atom. The maximum atomic E-state index is 13.1. The van der Waals surface area contributed by atoms with E-state index < -0.39 is 17.4 Å². The van der Waals surface area contributed by atoms with Crippen molar-refractivity contribution in [3.05, 3.63) is 32.5 Å². The van der Waals surface area contributed by atoms with Gasteiger partial charge in [-0.1, -0.05) is 0 Å². The topological polar surface area (TPSA) is 79.0 Å². The first-order valence-corrected chi connectivity index (χ1v) is 7.93. The first-order chi connectivity index (χ1) is 10.9. The van der Waals surface area contributed by atoms with Crippen LogP contribution in [0, 0.1) is 6.92 Å². The highest BCUT2D eigenvalue weighted by atomic mass is 32.1. The summed E-state index contributed by atoms with van der Waals surface area (Å²) in [4.78, 5) is 36.5. The molecule has 1 aliphatic rings. The van der Waals surface area contributed by atoms with Gasteiger partial charge >= 0.3 is 0 Å². The third-order valence-electron chi connectivity index (χ3n) is 3.67. The molecule has 0 unspecified atom stereocenters. The van der Waals surface area contributed by atoms with E-state index in [-0.39, 0.29) is 37.3 Å². The number of H-pyrrole nitrogens is 1. The molecule has 0 aliphatic carbocycles. The Hall–Kier alpha value is -2.16. The Kier molecular flexibility index (Phi) is 3.97. The number of aromatic nitrogens is 3. The molecule has 0 radical (unpaired) electrons. The van der Waals surface area contributed by atoms with Crippen LogP contribution in [0.5, 0.6) is 0 Å². The van der Waals surface area contributed by atoms with Crippen LogP contribution < -0.4 is 5.56 Å². The van der Waals surface area contributed by atoms with Crippen molar-refractivity contribution in [1.29, 1.82) is 0 Å². The Morgan fingerprint density at radius 3 is 2.65 bits per heavy atom. The lowest BCUT2D eigenvalue weighted by molar-refractivity contribution is -0.0494. The van der Waals surface area contributed by atoms with Gasteiger partial charge in [0.2, 0.25) is 0 Å². The molecule has 23 heavy (non-hydrogen) atoms. The van der Waals surface area contributed by atoms with Crippen LogP contribution in [-0.4, -0.2) is 44.8 Å². The summed E-state index contributed by atoms with van der Waals surface area (Å²) in [6.07, 6.45) is 0.401. The normalized spacial score (nSPS) is 17.3. The van der Waals surface area contributed by atoms with Crippen molar-refractivity contribution in [1.82, 2.24) is 19.9 Å². The zero-order valence-corrected chi connectivity index (χ0v) is 13.1. The van der Waals surface area contributed by atoms with Gasteiger partial charge in [-0.3, -0.25) is 9.59 Å². The van der Waals surface area contributed by atoms with Crippen molar-refractivity contribution in [2.45, 2.75) is 25.7 Å². The number of rotatable bonds is 2. The summed E-state index contributed by atoms with van der Waals surface area (Å²) in [5.41, 5.74) is -0.213. The van der Waals surface area contributed by atoms with Gasteiger partial charge in [-0.2, -0.15) is 0 Å². The first-order valence-electron chi connectivity index (χ1n) is 7.05. The average Bonchev–Trinajstić information content (AvgIpc) is 2.93. The Labute approximate surface area is 134 Å². The minimum absolute atomic E-state index is 0.0711. The number of carbonyl (C=O) groups is 1. The molecular weight excluding hydrogens is 326 g/mol. The van der Waals surface area contributed by atoms with Crippen LogP contribution in [0.3, 0.4) is 0 Å². The molecule has 1 fully saturated rings. The summed E-state index contributed by atoms with van der Waals surface area (Å²) >= 11 is 1.42. The lowest BCUT2D eigenvalue weighted by atomic mass is 10.1. The highest BCUT2D eigenvalue weighted by Crippen LogP contribution is 2.28. The lowest BCUT2D eigenvalue weighted by Gasteiger charge is -2.31. The molecule has 3 heterocycles. The number of nitrogens with zero attached hydrogens (tertiary/aromatic N) is 3. The molecule has 0 saturated carbocycles. The number of alkyl halides is 2. The van der Waals surface area contributed by atoms with Crippen LogP contribution in [0.1, 0.15) is 28.2 Å². The van der Waals surface area contributed by atoms with E-state index in [1.807, 2.05) is 6.92 Å². The zero-order valence-electron chi connectivity index (χ0n) is 12.3. The lowest BCUT2D eigenvalue weighted by Crippen LogP contribution is -2.44. The van der Waals surface area contributed by atoms with E-state index in [1.165, 1.54) is 22.4 Å². The van der Waals surface area contributed by atoms with E-state index in [9.17, 15) is 18.4 Å². The predicted octanol–water partition coefficient (Wildman–Crippen LogP) is 2.07. The monoisotopic (exact) mass is 340 g/mol. The molecule has 0 atom stereocenters. The number of hydrogen-bond donors (Lipinski definition) is 1. The molecule has 9 heteroatoms. The van der Waals surface area contributed by atoms with Crippen LogP contribution in [0.4, 0.5) is 8.78 Å². The van der Waals surface area contributed by atoms with Crippen molar-refractivity contribution < 1.29 is 13.6 Å². The van der Waals surface area contributed by atoms with Crippen LogP contribution in [0.25, 0.3) is 11.5 Å². The molecule has 3 rings (SSSR count). The van der Waals surface area contributed by atoms with E-state index >= 15 is 0 Å². The fourth-order valence-electron chi connectivity index (χ4n) is 2.36. The molecule has 122 valence electrons. The third-order valence-corrected chi connectivity index (χ3v) is 4.45. The van der Waals surface area contributed by atoms with E-state index in [2.05, 4.69) is 15.0 Å². The number of aromatic amines is 1. The highest BCUT2D eigenvalue weighted by molar-refractivity contribution is 7.09. The van der Waals surface area contributed by atoms with E-state index in [1.54, 1.807) is 5.38 Å². The summed E-state index contributed by atoms with van der Waals surface area (Å²) in [7, 11) is 0. The average molecular weight is 340 g/mol. The van der Waals surface area contributed by atoms with Gasteiger partial charge in [0, 0.05) is 37.5 Å². The van der Waals surface area contributed by atoms with Crippen LogP contribution in [0.15, 0.2) is 16.4 Å². The Balaban J connectivity index is 1.81. The standard InChI is InChI=1S/C14H14F2N4O2S/c1-8-18-10(7-23-8)11-17-6-9(12(21)19-11)13(22)20-4-2-14(15,16)3-5-20/h6-7H,2-5H2,1H3,(H,17,19,21). The summed E-state index contributed by atoms with van der Waals surface area (Å²) in [6.45, 7) is 1.69. The zero-order chi connectivity index (χ0) is 16.6. The minimum atomic E-state index is -2.74. The van der Waals surface area contributed by atoms with Crippen molar-refractivity contribution in [3.8, 4) is 11.5 Å². The van der Waals surface area contributed by atoms with E-state index in [4.69, 9.17) is 0 Å². The molecule has 1 N–H and O–H groups in total. The molecule has 1 amide bonds. The fraction of sp³-hybridized carbons (Fsp3) is 0.429. The van der Waals surface area contributed by atoms with Crippen molar-refractivity contribution in [2.75, 3.05) is 13.1 Å². The second kappa shape index (κ2) is 5.80. The Morgan fingerprint density at radius 2 is 2.09 bits per heavy atom. The molecule has 2 aromatic rings. The molecule has 0 spiro atoms. The molecule has 0 aromatic carbocycles. The van der Waals surface area contributed by atoms with Crippen LogP contribution >= 0.6 is 11.3 Å². The number of aryl methyl sites for hydroxylation is 1. The number of amides is 1. The van der Waals surface area contributed by atoms with Gasteiger partial charge in [0.25, 0.3) is 17.4 Å². The molecular formula is C14H14F2N4O2S. The summed E-state index contributed by atoms with van der Waals surface area (Å²) in [6, 6.07) is 0. The predicted molar refractivity (Wildman–Crippen MR) is 80.8 cm³/mol. The second-order valence-corrected chi connectivity index (χ2v) is 6.44. The van der Waals surface area contributed by atoms with E-state index in [0.29, 0.717) is 5.69 Å². The number of halogens is 2. The number of piperidine rings is 1. The minimum Gasteiger partial charge on any atom is -0.338 e. The molecule has 6 nitrogen and oxygen atoms in total. The van der Waals surface area contributed by atoms with Crippen molar-refractivity contribution in [2.24, 2.45) is 0 Å². The smallest absolute Gasteiger partial charge is 0.264 e. The van der Waals surface area contributed by atoms with Crippen molar-refractivity contribution in [3.63, 3.8) is 0 Å². The molecule has 1 aliphatic heterocycles. The van der Waals surface area contributed by atoms with Crippen LogP contribution in [0.2, 0.25) is 0 Å². The van der Waals surface area contributed by atoms with Crippen molar-refractivity contribution >= 4 is 17.2 Å². The van der Waals surface area contributed by atoms with Gasteiger partial charge in [0.1, 0.15) is 11.3 Å². The quantitative estimate of drug-likeness (QED) is 0.908. The number of likely N-dealkylation sites (tertiary alicyclic amines) is 1. The van der Waals surface area contributed by atoms with Gasteiger partial charge in [-0.05, 0) is 6.92 Å². The number of carbonyl (C=O) groups excluding carboxylic acids is 1. The highest BCUT2D eigenvalue weighted by Gasteiger charge is 2.36. The van der Waals surface area contributed by atoms with Gasteiger partial charge in [-0.25, -0.2) is 18.7 Å². The second-order valence-electron chi connectivity index (χ2n) is 5.37. The van der Waals surface area contributed by atoms with E-state index in [0.717, 1.165) is 5.01 Å². The SMILES string of the molecule is Cc1nc(-c2ncc(C(=O)N3CCC(F)(F)CC3)c(=O)[nH]2)cs1. The summed E-state index contributed by atoms with van der Waals surface area (Å²) < 4.78 is 26.3. The summed E-state index contributed by atoms with van der Waals surface area (Å²) in [5, 5.41) is 2.58. The maximum absolute atomic E-state index is 13.1. The van der Waals surface area contributed by atoms with Gasteiger partial charge in [0.15, 0.2) is 5.82 Å². The molecule has 0 bridgehead atoms. The molecule has 1 saturated heterocycles. The Bertz CT molecular complexity index is 792. The number of nitrogens with one attached hydrogen (secondary N) is 1.